The number of carboxylic acids is 1. The van der Waals surface area contributed by atoms with Crippen LogP contribution in [0.25, 0.3) is 10.9 Å². The van der Waals surface area contributed by atoms with E-state index in [9.17, 15) is 9.90 Å². The van der Waals surface area contributed by atoms with Crippen molar-refractivity contribution in [3.05, 3.63) is 59.8 Å². The van der Waals surface area contributed by atoms with Crippen LogP contribution in [0, 0.1) is 6.92 Å². The van der Waals surface area contributed by atoms with Crippen molar-refractivity contribution in [1.29, 1.82) is 0 Å². The van der Waals surface area contributed by atoms with Gasteiger partial charge in [-0.05, 0) is 50.6 Å². The molecule has 3 aromatic rings. The van der Waals surface area contributed by atoms with Gasteiger partial charge in [-0.1, -0.05) is 18.2 Å². The zero-order valence-corrected chi connectivity index (χ0v) is 14.4. The lowest BCUT2D eigenvalue weighted by Gasteiger charge is -2.14. The molecule has 1 heterocycles. The summed E-state index contributed by atoms with van der Waals surface area (Å²) in [6.07, 6.45) is 1.50. The molecule has 0 fully saturated rings. The molecule has 3 rings (SSSR count). The highest BCUT2D eigenvalue weighted by atomic mass is 16.5. The van der Waals surface area contributed by atoms with E-state index in [1.807, 2.05) is 63.2 Å². The smallest absolute Gasteiger partial charge is 0.339 e. The van der Waals surface area contributed by atoms with Gasteiger partial charge in [-0.2, -0.15) is 0 Å². The number of pyridine rings is 1. The van der Waals surface area contributed by atoms with Crippen LogP contribution in [-0.4, -0.2) is 22.2 Å². The van der Waals surface area contributed by atoms with Gasteiger partial charge in [0.05, 0.1) is 17.3 Å². The predicted molar refractivity (Wildman–Crippen MR) is 98.9 cm³/mol. The molecule has 2 N–H and O–H groups in total. The molecule has 5 nitrogen and oxygen atoms in total. The van der Waals surface area contributed by atoms with E-state index >= 15 is 0 Å². The monoisotopic (exact) mass is 336 g/mol. The molecule has 0 bridgehead atoms. The average Bonchev–Trinajstić information content (AvgIpc) is 2.56. The van der Waals surface area contributed by atoms with Crippen LogP contribution in [0.4, 0.5) is 11.4 Å². The Morgan fingerprint density at radius 2 is 1.88 bits per heavy atom. The maximum Gasteiger partial charge on any atom is 0.339 e. The van der Waals surface area contributed by atoms with Gasteiger partial charge in [0.25, 0.3) is 0 Å². The molecule has 2 aromatic carbocycles. The van der Waals surface area contributed by atoms with Crippen molar-refractivity contribution in [3.8, 4) is 5.75 Å². The van der Waals surface area contributed by atoms with Gasteiger partial charge >= 0.3 is 5.97 Å². The number of carbonyl (C=O) groups is 1. The van der Waals surface area contributed by atoms with Gasteiger partial charge < -0.3 is 15.2 Å². The normalized spacial score (nSPS) is 10.9. The van der Waals surface area contributed by atoms with Gasteiger partial charge in [-0.25, -0.2) is 4.79 Å². The van der Waals surface area contributed by atoms with Crippen molar-refractivity contribution < 1.29 is 14.6 Å². The third kappa shape index (κ3) is 3.55. The first-order valence-corrected chi connectivity index (χ1v) is 8.11. The fraction of sp³-hybridized carbons (Fsp3) is 0.200. The Hall–Kier alpha value is -3.08. The molecule has 0 saturated heterocycles. The van der Waals surface area contributed by atoms with Crippen LogP contribution in [0.5, 0.6) is 5.75 Å². The topological polar surface area (TPSA) is 71.5 Å². The molecule has 5 heteroatoms. The highest BCUT2D eigenvalue weighted by Crippen LogP contribution is 2.31. The SMILES string of the molecule is Cc1cccc2c(Nc3ccc(OC(C)C)cc3)c(C(=O)O)cnc12. The van der Waals surface area contributed by atoms with Crippen molar-refractivity contribution in [3.63, 3.8) is 0 Å². The van der Waals surface area contributed by atoms with E-state index in [0.717, 1.165) is 27.9 Å². The quantitative estimate of drug-likeness (QED) is 0.702. The van der Waals surface area contributed by atoms with E-state index in [0.29, 0.717) is 5.69 Å². The number of aromatic nitrogens is 1. The Balaban J connectivity index is 2.03. The van der Waals surface area contributed by atoms with Crippen LogP contribution in [0.3, 0.4) is 0 Å². The third-order valence-corrected chi connectivity index (χ3v) is 3.83. The number of nitrogens with one attached hydrogen (secondary N) is 1. The lowest BCUT2D eigenvalue weighted by atomic mass is 10.1. The summed E-state index contributed by atoms with van der Waals surface area (Å²) in [5.41, 5.74) is 3.25. The number of fused-ring (bicyclic) bond motifs is 1. The molecular weight excluding hydrogens is 316 g/mol. The summed E-state index contributed by atoms with van der Waals surface area (Å²) >= 11 is 0. The first-order chi connectivity index (χ1) is 12.0. The molecule has 0 aliphatic heterocycles. The van der Waals surface area contributed by atoms with Crippen LogP contribution in [-0.2, 0) is 0 Å². The van der Waals surface area contributed by atoms with Crippen LogP contribution in [0.15, 0.2) is 48.7 Å². The molecule has 0 spiro atoms. The molecule has 25 heavy (non-hydrogen) atoms. The number of rotatable bonds is 5. The number of aromatic carboxylic acids is 1. The van der Waals surface area contributed by atoms with Crippen molar-refractivity contribution in [2.45, 2.75) is 26.9 Å². The summed E-state index contributed by atoms with van der Waals surface area (Å²) in [7, 11) is 0. The van der Waals surface area contributed by atoms with E-state index in [-0.39, 0.29) is 11.7 Å². The van der Waals surface area contributed by atoms with E-state index in [2.05, 4.69) is 10.3 Å². The predicted octanol–water partition coefficient (Wildman–Crippen LogP) is 4.77. The number of anilines is 2. The van der Waals surface area contributed by atoms with Crippen LogP contribution in [0.2, 0.25) is 0 Å². The van der Waals surface area contributed by atoms with Crippen molar-refractivity contribution in [2.24, 2.45) is 0 Å². The molecular formula is C20H20N2O3. The summed E-state index contributed by atoms with van der Waals surface area (Å²) in [6, 6.07) is 13.2. The lowest BCUT2D eigenvalue weighted by Crippen LogP contribution is -2.06. The number of aryl methyl sites for hydroxylation is 1. The van der Waals surface area contributed by atoms with Gasteiger partial charge in [0, 0.05) is 17.3 Å². The first-order valence-electron chi connectivity index (χ1n) is 8.11. The van der Waals surface area contributed by atoms with E-state index in [1.165, 1.54) is 6.20 Å². The largest absolute Gasteiger partial charge is 0.491 e. The second-order valence-corrected chi connectivity index (χ2v) is 6.14. The standard InChI is InChI=1S/C20H20N2O3/c1-12(2)25-15-9-7-14(8-10-15)22-19-16-6-4-5-13(3)18(16)21-11-17(19)20(23)24/h4-12H,1-3H3,(H,21,22)(H,23,24). The van der Waals surface area contributed by atoms with Gasteiger partial charge in [-0.3, -0.25) is 4.98 Å². The summed E-state index contributed by atoms with van der Waals surface area (Å²) < 4.78 is 5.64. The van der Waals surface area contributed by atoms with Gasteiger partial charge in [0.1, 0.15) is 11.3 Å². The second kappa shape index (κ2) is 6.81. The zero-order valence-electron chi connectivity index (χ0n) is 14.4. The zero-order chi connectivity index (χ0) is 18.0. The molecule has 0 saturated carbocycles. The van der Waals surface area contributed by atoms with Gasteiger partial charge in [0.15, 0.2) is 0 Å². The Morgan fingerprint density at radius 1 is 1.16 bits per heavy atom. The second-order valence-electron chi connectivity index (χ2n) is 6.14. The Morgan fingerprint density at radius 3 is 2.52 bits per heavy atom. The molecule has 0 atom stereocenters. The Kier molecular flexibility index (Phi) is 4.57. The van der Waals surface area contributed by atoms with Crippen LogP contribution in [0.1, 0.15) is 29.8 Å². The minimum Gasteiger partial charge on any atom is -0.491 e. The minimum atomic E-state index is -1.02. The molecule has 0 aliphatic rings. The average molecular weight is 336 g/mol. The minimum absolute atomic E-state index is 0.101. The summed E-state index contributed by atoms with van der Waals surface area (Å²) in [4.78, 5) is 15.9. The molecule has 0 unspecified atom stereocenters. The summed E-state index contributed by atoms with van der Waals surface area (Å²) in [6.45, 7) is 5.89. The van der Waals surface area contributed by atoms with Crippen molar-refractivity contribution >= 4 is 28.2 Å². The van der Waals surface area contributed by atoms with E-state index in [1.54, 1.807) is 0 Å². The number of benzene rings is 2. The summed E-state index contributed by atoms with van der Waals surface area (Å²) in [5.74, 6) is -0.243. The maximum absolute atomic E-state index is 11.6. The van der Waals surface area contributed by atoms with Crippen LogP contribution < -0.4 is 10.1 Å². The molecule has 0 aliphatic carbocycles. The van der Waals surface area contributed by atoms with E-state index in [4.69, 9.17) is 4.74 Å². The Bertz CT molecular complexity index is 918. The first kappa shape index (κ1) is 16.8. The van der Waals surface area contributed by atoms with Crippen LogP contribution >= 0.6 is 0 Å². The van der Waals surface area contributed by atoms with E-state index < -0.39 is 5.97 Å². The Labute approximate surface area is 146 Å². The maximum atomic E-state index is 11.6. The number of ether oxygens (including phenoxy) is 1. The number of nitrogens with zero attached hydrogens (tertiary/aromatic N) is 1. The van der Waals surface area contributed by atoms with Gasteiger partial charge in [0.2, 0.25) is 0 Å². The van der Waals surface area contributed by atoms with Crippen molar-refractivity contribution in [2.75, 3.05) is 5.32 Å². The number of para-hydroxylation sites is 1. The molecule has 1 aromatic heterocycles. The molecule has 0 amide bonds. The fourth-order valence-electron chi connectivity index (χ4n) is 2.70. The summed E-state index contributed by atoms with van der Waals surface area (Å²) in [5, 5.41) is 13.5. The lowest BCUT2D eigenvalue weighted by molar-refractivity contribution is 0.0697. The molecule has 128 valence electrons. The highest BCUT2D eigenvalue weighted by Gasteiger charge is 2.15. The molecule has 0 radical (unpaired) electrons. The third-order valence-electron chi connectivity index (χ3n) is 3.83. The number of hydrogen-bond donors (Lipinski definition) is 2. The fourth-order valence-corrected chi connectivity index (χ4v) is 2.70. The number of hydrogen-bond acceptors (Lipinski definition) is 4. The van der Waals surface area contributed by atoms with Crippen molar-refractivity contribution in [1.82, 2.24) is 4.98 Å². The number of carboxylic acid groups (broad SMARTS) is 1. The highest BCUT2D eigenvalue weighted by molar-refractivity contribution is 6.05. The van der Waals surface area contributed by atoms with Gasteiger partial charge in [-0.15, -0.1) is 0 Å².